The van der Waals surface area contributed by atoms with Gasteiger partial charge in [-0.2, -0.15) is 26.3 Å². The molecule has 1 amide bonds. The molecule has 4 nitrogen and oxygen atoms in total. The summed E-state index contributed by atoms with van der Waals surface area (Å²) in [5.41, 5.74) is -2.78. The molecule has 0 fully saturated rings. The maximum absolute atomic E-state index is 13.2. The van der Waals surface area contributed by atoms with Crippen molar-refractivity contribution in [2.45, 2.75) is 26.2 Å². The van der Waals surface area contributed by atoms with Crippen molar-refractivity contribution >= 4 is 32.6 Å². The fraction of sp³-hybridized carbons (Fsp3) is 0.222. The molecule has 2 aromatic carbocycles. The number of carbonyl (C=O) groups is 1. The number of nitrogens with one attached hydrogen (secondary N) is 1. The molecule has 29 heavy (non-hydrogen) atoms. The lowest BCUT2D eigenvalue weighted by Gasteiger charge is -2.11. The molecule has 0 aliphatic heterocycles. The topological polar surface area (TPSA) is 62.2 Å². The molecule has 1 heterocycles. The summed E-state index contributed by atoms with van der Waals surface area (Å²) in [6.07, 6.45) is -10.0. The summed E-state index contributed by atoms with van der Waals surface area (Å²) >= 11 is 0.470. The largest absolute Gasteiger partial charge is 0.507 e. The minimum absolute atomic E-state index is 0.0105. The normalized spacial score (nSPS) is 12.4. The van der Waals surface area contributed by atoms with Gasteiger partial charge in [-0.15, -0.1) is 0 Å². The highest BCUT2D eigenvalue weighted by Gasteiger charge is 2.39. The fourth-order valence-electron chi connectivity index (χ4n) is 2.76. The highest BCUT2D eigenvalue weighted by atomic mass is 32.1. The van der Waals surface area contributed by atoms with Gasteiger partial charge in [0, 0.05) is 0 Å². The van der Waals surface area contributed by atoms with Crippen molar-refractivity contribution in [3.63, 3.8) is 0 Å². The van der Waals surface area contributed by atoms with Crippen LogP contribution in [0.4, 0.5) is 31.5 Å². The first kappa shape index (κ1) is 20.9. The van der Waals surface area contributed by atoms with Crippen molar-refractivity contribution in [1.82, 2.24) is 4.98 Å². The van der Waals surface area contributed by atoms with Gasteiger partial charge in [0.2, 0.25) is 0 Å². The highest BCUT2D eigenvalue weighted by Crippen LogP contribution is 2.42. The summed E-state index contributed by atoms with van der Waals surface area (Å²) in [5, 5.41) is 11.9. The van der Waals surface area contributed by atoms with Crippen molar-refractivity contribution in [3.05, 3.63) is 52.1 Å². The molecule has 0 radical (unpaired) electrons. The second kappa shape index (κ2) is 6.90. The molecule has 0 atom stereocenters. The summed E-state index contributed by atoms with van der Waals surface area (Å²) in [6.45, 7) is 3.24. The number of carbonyl (C=O) groups excluding carboxylic acids is 1. The van der Waals surface area contributed by atoms with Crippen molar-refractivity contribution in [3.8, 4) is 5.75 Å². The Morgan fingerprint density at radius 1 is 1.03 bits per heavy atom. The van der Waals surface area contributed by atoms with E-state index in [1.54, 1.807) is 19.9 Å². The van der Waals surface area contributed by atoms with E-state index in [2.05, 4.69) is 10.3 Å². The molecule has 0 saturated heterocycles. The molecule has 2 N–H and O–H groups in total. The Kier molecular flexibility index (Phi) is 4.98. The molecule has 0 unspecified atom stereocenters. The average molecular weight is 434 g/mol. The van der Waals surface area contributed by atoms with E-state index in [1.807, 2.05) is 0 Å². The molecule has 11 heteroatoms. The van der Waals surface area contributed by atoms with Crippen LogP contribution < -0.4 is 5.32 Å². The summed E-state index contributed by atoms with van der Waals surface area (Å²) in [6, 6.07) is 3.53. The number of anilines is 1. The third kappa shape index (κ3) is 4.14. The highest BCUT2D eigenvalue weighted by molar-refractivity contribution is 7.22. The molecule has 0 bridgehead atoms. The number of nitrogens with zero attached hydrogens (tertiary/aromatic N) is 1. The van der Waals surface area contributed by atoms with Crippen molar-refractivity contribution in [2.24, 2.45) is 0 Å². The maximum Gasteiger partial charge on any atom is 0.418 e. The van der Waals surface area contributed by atoms with Crippen LogP contribution in [0.1, 0.15) is 32.6 Å². The molecular weight excluding hydrogens is 422 g/mol. The van der Waals surface area contributed by atoms with Crippen LogP contribution in [-0.2, 0) is 12.4 Å². The second-order valence-corrected chi connectivity index (χ2v) is 7.35. The number of fused-ring (bicyclic) bond motifs is 1. The summed E-state index contributed by atoms with van der Waals surface area (Å²) in [4.78, 5) is 16.1. The lowest BCUT2D eigenvalue weighted by Crippen LogP contribution is -2.13. The monoisotopic (exact) mass is 434 g/mol. The number of thiazole rings is 1. The smallest absolute Gasteiger partial charge is 0.418 e. The molecule has 0 spiro atoms. The molecule has 3 aromatic rings. The summed E-state index contributed by atoms with van der Waals surface area (Å²) in [7, 11) is 0. The van der Waals surface area contributed by atoms with Crippen LogP contribution >= 0.6 is 11.3 Å². The SMILES string of the molecule is Cc1cc(C)c(O)c(C(=O)Nc2nc3c(C(F)(F)F)cc(C(F)(F)F)cc3s2)c1. The first-order chi connectivity index (χ1) is 13.3. The minimum Gasteiger partial charge on any atom is -0.507 e. The molecule has 3 rings (SSSR count). The van der Waals surface area contributed by atoms with Gasteiger partial charge in [-0.05, 0) is 43.2 Å². The number of hydrogen-bond donors (Lipinski definition) is 2. The van der Waals surface area contributed by atoms with Crippen LogP contribution in [0.3, 0.4) is 0 Å². The van der Waals surface area contributed by atoms with Crippen LogP contribution in [0.2, 0.25) is 0 Å². The lowest BCUT2D eigenvalue weighted by atomic mass is 10.1. The van der Waals surface area contributed by atoms with Gasteiger partial charge in [-0.25, -0.2) is 4.98 Å². The van der Waals surface area contributed by atoms with E-state index in [1.165, 1.54) is 6.07 Å². The van der Waals surface area contributed by atoms with Crippen LogP contribution in [0.25, 0.3) is 10.2 Å². The van der Waals surface area contributed by atoms with E-state index >= 15 is 0 Å². The maximum atomic E-state index is 13.2. The number of hydrogen-bond acceptors (Lipinski definition) is 4. The quantitative estimate of drug-likeness (QED) is 0.493. The number of alkyl halides is 6. The lowest BCUT2D eigenvalue weighted by molar-refractivity contribution is -0.142. The minimum atomic E-state index is -5.07. The van der Waals surface area contributed by atoms with Gasteiger partial charge >= 0.3 is 12.4 Å². The molecule has 0 aliphatic carbocycles. The van der Waals surface area contributed by atoms with Gasteiger partial charge in [-0.3, -0.25) is 10.1 Å². The molecule has 154 valence electrons. The van der Waals surface area contributed by atoms with Crippen molar-refractivity contribution < 1.29 is 36.2 Å². The van der Waals surface area contributed by atoms with Gasteiger partial charge in [0.25, 0.3) is 5.91 Å². The molecule has 1 aromatic heterocycles. The first-order valence-electron chi connectivity index (χ1n) is 7.98. The van der Waals surface area contributed by atoms with Crippen molar-refractivity contribution in [1.29, 1.82) is 0 Å². The van der Waals surface area contributed by atoms with E-state index in [-0.39, 0.29) is 27.2 Å². The Hall–Kier alpha value is -2.82. The Bertz CT molecular complexity index is 1120. The third-order valence-corrected chi connectivity index (χ3v) is 4.96. The summed E-state index contributed by atoms with van der Waals surface area (Å²) < 4.78 is 78.2. The predicted molar refractivity (Wildman–Crippen MR) is 95.2 cm³/mol. The number of benzene rings is 2. The Morgan fingerprint density at radius 3 is 2.28 bits per heavy atom. The number of amides is 1. The van der Waals surface area contributed by atoms with Gasteiger partial charge in [0.15, 0.2) is 5.13 Å². The molecule has 0 saturated carbocycles. The van der Waals surface area contributed by atoms with E-state index in [9.17, 15) is 36.2 Å². The number of halogens is 6. The van der Waals surface area contributed by atoms with Gasteiger partial charge < -0.3 is 5.11 Å². The summed E-state index contributed by atoms with van der Waals surface area (Å²) in [5.74, 6) is -1.16. The van der Waals surface area contributed by atoms with Crippen LogP contribution in [-0.4, -0.2) is 16.0 Å². The van der Waals surface area contributed by atoms with Gasteiger partial charge in [0.1, 0.15) is 5.75 Å². The zero-order valence-electron chi connectivity index (χ0n) is 14.8. The first-order valence-corrected chi connectivity index (χ1v) is 8.79. The number of phenolic OH excluding ortho intramolecular Hbond substituents is 1. The fourth-order valence-corrected chi connectivity index (χ4v) is 3.69. The standard InChI is InChI=1S/C18H12F6N2O2S/c1-7-3-8(2)14(27)10(4-7)15(28)26-16-25-13-11(18(22,23)24)5-9(17(19,20)21)6-12(13)29-16/h3-6,27H,1-2H3,(H,25,26,28). The number of aromatic nitrogens is 1. The number of aromatic hydroxyl groups is 1. The van der Waals surface area contributed by atoms with Crippen LogP contribution in [0, 0.1) is 13.8 Å². The average Bonchev–Trinajstić information content (AvgIpc) is 2.97. The molecule has 0 aliphatic rings. The number of phenols is 1. The van der Waals surface area contributed by atoms with Gasteiger partial charge in [0.05, 0.1) is 26.9 Å². The number of rotatable bonds is 2. The van der Waals surface area contributed by atoms with E-state index in [0.717, 1.165) is 0 Å². The third-order valence-electron chi connectivity index (χ3n) is 4.04. The van der Waals surface area contributed by atoms with E-state index in [0.29, 0.717) is 28.5 Å². The zero-order chi connectivity index (χ0) is 21.7. The van der Waals surface area contributed by atoms with E-state index in [4.69, 9.17) is 0 Å². The zero-order valence-corrected chi connectivity index (χ0v) is 15.6. The predicted octanol–water partition coefficient (Wildman–Crippen LogP) is 5.91. The number of aryl methyl sites for hydroxylation is 2. The molecular formula is C18H12F6N2O2S. The second-order valence-electron chi connectivity index (χ2n) is 6.32. The Labute approximate surface area is 163 Å². The van der Waals surface area contributed by atoms with Crippen molar-refractivity contribution in [2.75, 3.05) is 5.32 Å². The van der Waals surface area contributed by atoms with E-state index < -0.39 is 34.9 Å². The van der Waals surface area contributed by atoms with Crippen LogP contribution in [0.15, 0.2) is 24.3 Å². The van der Waals surface area contributed by atoms with Gasteiger partial charge in [-0.1, -0.05) is 17.4 Å². The van der Waals surface area contributed by atoms with Crippen LogP contribution in [0.5, 0.6) is 5.75 Å². The Morgan fingerprint density at radius 2 is 1.69 bits per heavy atom. The Balaban J connectivity index is 2.07.